The Morgan fingerprint density at radius 1 is 1.25 bits per heavy atom. The van der Waals surface area contributed by atoms with Crippen molar-refractivity contribution in [2.75, 3.05) is 18.8 Å². The third-order valence-electron chi connectivity index (χ3n) is 4.29. The molecule has 0 amide bonds. The maximum absolute atomic E-state index is 12.6. The van der Waals surface area contributed by atoms with E-state index in [0.717, 1.165) is 31.2 Å². The lowest BCUT2D eigenvalue weighted by Gasteiger charge is -2.30. The van der Waals surface area contributed by atoms with Gasteiger partial charge in [-0.05, 0) is 42.9 Å². The van der Waals surface area contributed by atoms with Crippen LogP contribution in [0.5, 0.6) is 0 Å². The minimum Gasteiger partial charge on any atom is -0.398 e. The summed E-state index contributed by atoms with van der Waals surface area (Å²) in [5, 5.41) is 0. The maximum atomic E-state index is 12.6. The van der Waals surface area contributed by atoms with Gasteiger partial charge in [0.05, 0.1) is 4.90 Å². The fourth-order valence-corrected chi connectivity index (χ4v) is 4.27. The summed E-state index contributed by atoms with van der Waals surface area (Å²) >= 11 is 0. The third-order valence-corrected chi connectivity index (χ3v) is 6.18. The van der Waals surface area contributed by atoms with Crippen molar-refractivity contribution in [3.8, 4) is 0 Å². The lowest BCUT2D eigenvalue weighted by Crippen LogP contribution is -2.38. The van der Waals surface area contributed by atoms with Crippen LogP contribution in [0.2, 0.25) is 0 Å². The Kier molecular flexibility index (Phi) is 4.70. The fourth-order valence-electron chi connectivity index (χ4n) is 2.76. The third kappa shape index (κ3) is 2.99. The van der Waals surface area contributed by atoms with E-state index in [2.05, 4.69) is 6.92 Å². The molecule has 1 aromatic carbocycles. The monoisotopic (exact) mass is 296 g/mol. The molecule has 2 N–H and O–H groups in total. The van der Waals surface area contributed by atoms with Gasteiger partial charge in [0, 0.05) is 18.8 Å². The standard InChI is InChI=1S/C15H24N2O2S/c1-3-12-7-9-17(10-8-12)20(18,19)14-6-5-13(4-2)15(16)11-14/h5-6,11-12H,3-4,7-10,16H2,1-2H3. The first-order valence-electron chi connectivity index (χ1n) is 7.37. The number of hydrogen-bond donors (Lipinski definition) is 1. The van der Waals surface area contributed by atoms with E-state index in [4.69, 9.17) is 5.73 Å². The van der Waals surface area contributed by atoms with Gasteiger partial charge < -0.3 is 5.73 Å². The minimum absolute atomic E-state index is 0.321. The van der Waals surface area contributed by atoms with Gasteiger partial charge in [0.15, 0.2) is 0 Å². The van der Waals surface area contributed by atoms with Gasteiger partial charge in [-0.2, -0.15) is 4.31 Å². The Labute approximate surface area is 122 Å². The van der Waals surface area contributed by atoms with E-state index in [0.29, 0.717) is 29.6 Å². The van der Waals surface area contributed by atoms with E-state index in [-0.39, 0.29) is 0 Å². The summed E-state index contributed by atoms with van der Waals surface area (Å²) in [4.78, 5) is 0.321. The van der Waals surface area contributed by atoms with Crippen molar-refractivity contribution in [1.82, 2.24) is 4.31 Å². The molecular formula is C15H24N2O2S. The average molecular weight is 296 g/mol. The van der Waals surface area contributed by atoms with Gasteiger partial charge >= 0.3 is 0 Å². The average Bonchev–Trinajstić information content (AvgIpc) is 2.47. The molecule has 1 saturated heterocycles. The SMILES string of the molecule is CCc1ccc(S(=O)(=O)N2CCC(CC)CC2)cc1N. The van der Waals surface area contributed by atoms with Crippen LogP contribution in [0.1, 0.15) is 38.7 Å². The molecule has 0 aliphatic carbocycles. The fraction of sp³-hybridized carbons (Fsp3) is 0.600. The van der Waals surface area contributed by atoms with Gasteiger partial charge in [0.25, 0.3) is 0 Å². The normalized spacial score (nSPS) is 18.3. The number of benzene rings is 1. The largest absolute Gasteiger partial charge is 0.398 e. The zero-order chi connectivity index (χ0) is 14.8. The number of aryl methyl sites for hydroxylation is 1. The smallest absolute Gasteiger partial charge is 0.243 e. The first kappa shape index (κ1) is 15.3. The lowest BCUT2D eigenvalue weighted by molar-refractivity contribution is 0.269. The first-order chi connectivity index (χ1) is 9.48. The molecule has 4 nitrogen and oxygen atoms in total. The molecule has 1 heterocycles. The number of rotatable bonds is 4. The summed E-state index contributed by atoms with van der Waals surface area (Å²) in [6.45, 7) is 5.42. The Morgan fingerprint density at radius 3 is 2.40 bits per heavy atom. The molecule has 0 bridgehead atoms. The minimum atomic E-state index is -3.39. The van der Waals surface area contributed by atoms with Crippen molar-refractivity contribution < 1.29 is 8.42 Å². The van der Waals surface area contributed by atoms with Crippen molar-refractivity contribution in [3.05, 3.63) is 23.8 Å². The lowest BCUT2D eigenvalue weighted by atomic mass is 9.96. The van der Waals surface area contributed by atoms with Gasteiger partial charge in [-0.3, -0.25) is 0 Å². The van der Waals surface area contributed by atoms with Crippen LogP contribution in [0.25, 0.3) is 0 Å². The van der Waals surface area contributed by atoms with Gasteiger partial charge in [0.2, 0.25) is 10.0 Å². The molecule has 20 heavy (non-hydrogen) atoms. The molecule has 0 radical (unpaired) electrons. The molecule has 2 rings (SSSR count). The molecule has 0 spiro atoms. The number of nitrogens with zero attached hydrogens (tertiary/aromatic N) is 1. The van der Waals surface area contributed by atoms with Crippen molar-refractivity contribution in [3.63, 3.8) is 0 Å². The van der Waals surface area contributed by atoms with Crippen LogP contribution in [-0.2, 0) is 16.4 Å². The highest BCUT2D eigenvalue weighted by Crippen LogP contribution is 2.27. The van der Waals surface area contributed by atoms with E-state index in [1.165, 1.54) is 0 Å². The molecule has 0 unspecified atom stereocenters. The number of hydrogen-bond acceptors (Lipinski definition) is 3. The summed E-state index contributed by atoms with van der Waals surface area (Å²) in [6, 6.07) is 5.09. The number of sulfonamides is 1. The van der Waals surface area contributed by atoms with Gasteiger partial charge in [0.1, 0.15) is 0 Å². The van der Waals surface area contributed by atoms with Crippen molar-refractivity contribution in [2.45, 2.75) is 44.4 Å². The van der Waals surface area contributed by atoms with E-state index in [1.54, 1.807) is 16.4 Å². The van der Waals surface area contributed by atoms with E-state index < -0.39 is 10.0 Å². The molecule has 0 atom stereocenters. The number of nitrogens with two attached hydrogens (primary N) is 1. The Morgan fingerprint density at radius 2 is 1.90 bits per heavy atom. The summed E-state index contributed by atoms with van der Waals surface area (Å²) in [6.07, 6.45) is 3.86. The second-order valence-corrected chi connectivity index (χ2v) is 7.41. The summed E-state index contributed by atoms with van der Waals surface area (Å²) in [5.41, 5.74) is 7.48. The highest BCUT2D eigenvalue weighted by molar-refractivity contribution is 7.89. The Balaban J connectivity index is 2.20. The van der Waals surface area contributed by atoms with Crippen molar-refractivity contribution in [1.29, 1.82) is 0 Å². The maximum Gasteiger partial charge on any atom is 0.243 e. The highest BCUT2D eigenvalue weighted by Gasteiger charge is 2.29. The van der Waals surface area contributed by atoms with Crippen LogP contribution in [0.4, 0.5) is 5.69 Å². The first-order valence-corrected chi connectivity index (χ1v) is 8.81. The molecule has 112 valence electrons. The van der Waals surface area contributed by atoms with Gasteiger partial charge in [-0.1, -0.05) is 26.3 Å². The number of anilines is 1. The Hall–Kier alpha value is -1.07. The second-order valence-electron chi connectivity index (χ2n) is 5.47. The predicted octanol–water partition coefficient (Wildman–Crippen LogP) is 2.64. The van der Waals surface area contributed by atoms with Crippen LogP contribution in [0.15, 0.2) is 23.1 Å². The number of piperidine rings is 1. The van der Waals surface area contributed by atoms with Gasteiger partial charge in [-0.25, -0.2) is 8.42 Å². The molecule has 1 aliphatic rings. The molecule has 0 saturated carbocycles. The van der Waals surface area contributed by atoms with Crippen LogP contribution in [0.3, 0.4) is 0 Å². The van der Waals surface area contributed by atoms with Crippen LogP contribution < -0.4 is 5.73 Å². The molecule has 1 aromatic rings. The van der Waals surface area contributed by atoms with Crippen LogP contribution in [0, 0.1) is 5.92 Å². The molecule has 1 aliphatic heterocycles. The van der Waals surface area contributed by atoms with Gasteiger partial charge in [-0.15, -0.1) is 0 Å². The predicted molar refractivity (Wildman–Crippen MR) is 82.0 cm³/mol. The quantitative estimate of drug-likeness (QED) is 0.869. The van der Waals surface area contributed by atoms with E-state index in [9.17, 15) is 8.42 Å². The molecule has 0 aromatic heterocycles. The second kappa shape index (κ2) is 6.14. The summed E-state index contributed by atoms with van der Waals surface area (Å²) in [5.74, 6) is 0.661. The summed E-state index contributed by atoms with van der Waals surface area (Å²) < 4.78 is 26.8. The highest BCUT2D eigenvalue weighted by atomic mass is 32.2. The molecule has 5 heteroatoms. The van der Waals surface area contributed by atoms with E-state index >= 15 is 0 Å². The zero-order valence-electron chi connectivity index (χ0n) is 12.3. The molecule has 1 fully saturated rings. The number of nitrogen functional groups attached to an aromatic ring is 1. The summed E-state index contributed by atoms with van der Waals surface area (Å²) in [7, 11) is -3.39. The van der Waals surface area contributed by atoms with Crippen molar-refractivity contribution >= 4 is 15.7 Å². The molecular weight excluding hydrogens is 272 g/mol. The Bertz CT molecular complexity index is 561. The zero-order valence-corrected chi connectivity index (χ0v) is 13.1. The van der Waals surface area contributed by atoms with Crippen LogP contribution in [-0.4, -0.2) is 25.8 Å². The van der Waals surface area contributed by atoms with Crippen molar-refractivity contribution in [2.24, 2.45) is 5.92 Å². The topological polar surface area (TPSA) is 63.4 Å². The van der Waals surface area contributed by atoms with Crippen LogP contribution >= 0.6 is 0 Å². The van der Waals surface area contributed by atoms with E-state index in [1.807, 2.05) is 13.0 Å².